The molecule has 0 aliphatic rings. The van der Waals surface area contributed by atoms with Crippen LogP contribution in [-0.2, 0) is 12.4 Å². The third-order valence-electron chi connectivity index (χ3n) is 1.74. The first-order valence-corrected chi connectivity index (χ1v) is 4.31. The maximum atomic E-state index is 12.2. The molecule has 0 aliphatic heterocycles. The molecule has 16 heavy (non-hydrogen) atoms. The van der Waals surface area contributed by atoms with Gasteiger partial charge >= 0.3 is 12.4 Å². The van der Waals surface area contributed by atoms with Crippen molar-refractivity contribution in [2.45, 2.75) is 12.4 Å². The van der Waals surface area contributed by atoms with Gasteiger partial charge in [-0.3, -0.25) is 0 Å². The molecule has 0 nitrogen and oxygen atoms in total. The normalized spacial score (nSPS) is 12.7. The Bertz CT molecular complexity index is 351. The summed E-state index contributed by atoms with van der Waals surface area (Å²) in [6, 6.07) is 1.13. The molecule has 0 spiro atoms. The minimum absolute atomic E-state index is 0.0455. The molecule has 0 saturated carbocycles. The van der Waals surface area contributed by atoms with Crippen LogP contribution in [0, 0.1) is 0 Å². The predicted octanol–water partition coefficient (Wildman–Crippen LogP) is 3.21. The Morgan fingerprint density at radius 1 is 0.812 bits per heavy atom. The van der Waals surface area contributed by atoms with E-state index in [2.05, 4.69) is 0 Å². The van der Waals surface area contributed by atoms with Crippen molar-refractivity contribution in [3.05, 3.63) is 29.3 Å². The van der Waals surface area contributed by atoms with Gasteiger partial charge in [-0.15, -0.1) is 0 Å². The van der Waals surface area contributed by atoms with Crippen molar-refractivity contribution in [2.24, 2.45) is 0 Å². The van der Waals surface area contributed by atoms with Gasteiger partial charge in [0.15, 0.2) is 0 Å². The summed E-state index contributed by atoms with van der Waals surface area (Å²) in [5.41, 5.74) is -3.10. The van der Waals surface area contributed by atoms with E-state index in [0.29, 0.717) is 18.8 Å². The lowest BCUT2D eigenvalue weighted by molar-refractivity contribution is -0.142. The zero-order chi connectivity index (χ0) is 12.6. The van der Waals surface area contributed by atoms with Crippen molar-refractivity contribution in [2.75, 3.05) is 0 Å². The smallest absolute Gasteiger partial charge is 0.197 e. The monoisotopic (exact) mass is 259 g/mol. The molecule has 0 aliphatic carbocycles. The summed E-state index contributed by atoms with van der Waals surface area (Å²) < 4.78 is 73.5. The summed E-state index contributed by atoms with van der Waals surface area (Å²) in [6.07, 6.45) is -9.67. The molecule has 0 saturated heterocycles. The van der Waals surface area contributed by atoms with Gasteiger partial charge in [-0.25, -0.2) is 0 Å². The molecule has 8 heteroatoms. The van der Waals surface area contributed by atoms with Gasteiger partial charge in [-0.2, -0.15) is 37.8 Å². The Hall–Kier alpha value is -0.845. The number of hydrogen-bond donors (Lipinski definition) is 0. The van der Waals surface area contributed by atoms with Gasteiger partial charge in [0.05, 0.1) is 11.1 Å². The summed E-state index contributed by atoms with van der Waals surface area (Å²) in [6.45, 7) is 0.657. The highest BCUT2D eigenvalue weighted by Crippen LogP contribution is 2.34. The lowest BCUT2D eigenvalue weighted by atomic mass is 9.90. The van der Waals surface area contributed by atoms with Gasteiger partial charge < -0.3 is 0 Å². The average Bonchev–Trinajstić information content (AvgIpc) is 2.14. The van der Waals surface area contributed by atoms with Gasteiger partial charge in [-0.1, -0.05) is 17.6 Å². The summed E-state index contributed by atoms with van der Waals surface area (Å²) in [4.78, 5) is 0. The Kier molecular flexibility index (Phi) is 3.47. The predicted molar refractivity (Wildman–Crippen MR) is 47.7 cm³/mol. The highest BCUT2D eigenvalue weighted by atomic mass is 35.5. The van der Waals surface area contributed by atoms with Gasteiger partial charge in [0.25, 0.3) is 6.69 Å². The van der Waals surface area contributed by atoms with Gasteiger partial charge in [-0.05, 0) is 6.07 Å². The molecule has 0 fully saturated rings. The highest BCUT2D eigenvalue weighted by molar-refractivity contribution is 7.01. The zero-order valence-corrected chi connectivity index (χ0v) is 8.21. The van der Waals surface area contributed by atoms with Crippen LogP contribution in [0.3, 0.4) is 0 Å². The highest BCUT2D eigenvalue weighted by Gasteiger charge is 2.36. The quantitative estimate of drug-likeness (QED) is 0.536. The molecule has 0 aromatic heterocycles. The third kappa shape index (κ3) is 3.07. The van der Waals surface area contributed by atoms with Crippen LogP contribution in [0.2, 0.25) is 0 Å². The Labute approximate surface area is 92.4 Å². The number of rotatable bonds is 1. The molecule has 0 bridgehead atoms. The fourth-order valence-corrected chi connectivity index (χ4v) is 1.17. The Morgan fingerprint density at radius 2 is 1.19 bits per heavy atom. The largest absolute Gasteiger partial charge is 0.416 e. The second-order valence-corrected chi connectivity index (χ2v) is 3.17. The lowest BCUT2D eigenvalue weighted by Gasteiger charge is -2.12. The van der Waals surface area contributed by atoms with Crippen LogP contribution < -0.4 is 5.46 Å². The van der Waals surface area contributed by atoms with E-state index in [0.717, 1.165) is 0 Å². The van der Waals surface area contributed by atoms with E-state index in [1.165, 1.54) is 0 Å². The number of alkyl halides is 6. The van der Waals surface area contributed by atoms with Gasteiger partial charge in [0.2, 0.25) is 0 Å². The maximum Gasteiger partial charge on any atom is 0.416 e. The summed E-state index contributed by atoms with van der Waals surface area (Å²) in [5, 5.41) is 0. The molecule has 1 aromatic carbocycles. The van der Waals surface area contributed by atoms with Crippen molar-refractivity contribution in [1.29, 1.82) is 0 Å². The number of hydrogen-bond acceptors (Lipinski definition) is 0. The third-order valence-corrected chi connectivity index (χ3v) is 1.99. The van der Waals surface area contributed by atoms with Crippen LogP contribution in [0.15, 0.2) is 18.2 Å². The van der Waals surface area contributed by atoms with Crippen molar-refractivity contribution in [3.63, 3.8) is 0 Å². The first kappa shape index (κ1) is 13.2. The molecule has 0 atom stereocenters. The number of halogens is 7. The van der Waals surface area contributed by atoms with Crippen molar-refractivity contribution in [1.82, 2.24) is 0 Å². The molecule has 0 unspecified atom stereocenters. The lowest BCUT2D eigenvalue weighted by Crippen LogP contribution is -2.19. The van der Waals surface area contributed by atoms with Crippen LogP contribution in [-0.4, -0.2) is 6.69 Å². The van der Waals surface area contributed by atoms with E-state index >= 15 is 0 Å². The van der Waals surface area contributed by atoms with E-state index in [1.807, 2.05) is 0 Å². The van der Waals surface area contributed by atoms with E-state index in [4.69, 9.17) is 11.5 Å². The second-order valence-electron chi connectivity index (χ2n) is 2.95. The van der Waals surface area contributed by atoms with Crippen molar-refractivity contribution < 1.29 is 26.3 Å². The Balaban J connectivity index is 3.33. The van der Waals surface area contributed by atoms with Crippen LogP contribution in [0.5, 0.6) is 0 Å². The molecule has 87 valence electrons. The van der Waals surface area contributed by atoms with Crippen LogP contribution in [0.1, 0.15) is 11.1 Å². The fraction of sp³-hybridized carbons (Fsp3) is 0.250. The second kappa shape index (κ2) is 4.20. The van der Waals surface area contributed by atoms with Crippen LogP contribution >= 0.6 is 11.5 Å². The summed E-state index contributed by atoms with van der Waals surface area (Å²) >= 11 is 5.11. The summed E-state index contributed by atoms with van der Waals surface area (Å²) in [7, 11) is 0. The van der Waals surface area contributed by atoms with Crippen molar-refractivity contribution >= 4 is 23.6 Å². The van der Waals surface area contributed by atoms with Gasteiger partial charge in [0, 0.05) is 0 Å². The Morgan fingerprint density at radius 3 is 1.44 bits per heavy atom. The molecule has 1 radical (unpaired) electrons. The van der Waals surface area contributed by atoms with E-state index in [-0.39, 0.29) is 11.5 Å². The van der Waals surface area contributed by atoms with Crippen molar-refractivity contribution in [3.8, 4) is 0 Å². The van der Waals surface area contributed by atoms with E-state index < -0.39 is 23.5 Å². The van der Waals surface area contributed by atoms with Crippen LogP contribution in [0.4, 0.5) is 26.3 Å². The topological polar surface area (TPSA) is 0 Å². The zero-order valence-electron chi connectivity index (χ0n) is 7.46. The fourth-order valence-electron chi connectivity index (χ4n) is 1.04. The molecule has 0 heterocycles. The molecule has 0 N–H and O–H groups in total. The standard InChI is InChI=1S/C8H3BClF6/c10-9-6-2-4(7(11,12)13)1-5(3-6)8(14,15)16/h1-3H. The first-order valence-electron chi connectivity index (χ1n) is 3.87. The molecule has 0 amide bonds. The SMILES string of the molecule is FC(F)(F)c1cc([B]Cl)cc(C(F)(F)F)c1. The minimum Gasteiger partial charge on any atom is -0.197 e. The number of benzene rings is 1. The van der Waals surface area contributed by atoms with Gasteiger partial charge in [0.1, 0.15) is 0 Å². The van der Waals surface area contributed by atoms with E-state index in [1.54, 1.807) is 0 Å². The minimum atomic E-state index is -4.84. The van der Waals surface area contributed by atoms with Crippen LogP contribution in [0.25, 0.3) is 0 Å². The molecular formula is C8H3BClF6. The maximum absolute atomic E-state index is 12.2. The molecule has 1 aromatic rings. The first-order chi connectivity index (χ1) is 7.14. The summed E-state index contributed by atoms with van der Waals surface area (Å²) in [5.74, 6) is 0. The van der Waals surface area contributed by atoms with E-state index in [9.17, 15) is 26.3 Å². The molecular weight excluding hydrogens is 256 g/mol. The average molecular weight is 259 g/mol. The molecule has 1 rings (SSSR count).